The van der Waals surface area contributed by atoms with Gasteiger partial charge in [0.05, 0.1) is 6.54 Å². The third-order valence-electron chi connectivity index (χ3n) is 2.61. The van der Waals surface area contributed by atoms with E-state index in [1.54, 1.807) is 12.1 Å². The summed E-state index contributed by atoms with van der Waals surface area (Å²) in [4.78, 5) is 22.8. The second-order valence-electron chi connectivity index (χ2n) is 4.28. The van der Waals surface area contributed by atoms with Gasteiger partial charge < -0.3 is 10.6 Å². The van der Waals surface area contributed by atoms with E-state index in [1.165, 1.54) is 0 Å². The number of rotatable bonds is 7. The zero-order chi connectivity index (χ0) is 14.1. The molecule has 1 aromatic carbocycles. The summed E-state index contributed by atoms with van der Waals surface area (Å²) in [6.45, 7) is 2.48. The lowest BCUT2D eigenvalue weighted by atomic mass is 10.2. The van der Waals surface area contributed by atoms with E-state index in [0.717, 1.165) is 18.4 Å². The van der Waals surface area contributed by atoms with Crippen LogP contribution in [0.25, 0.3) is 0 Å². The Morgan fingerprint density at radius 2 is 1.79 bits per heavy atom. The minimum absolute atomic E-state index is 0.0239. The fourth-order valence-electron chi connectivity index (χ4n) is 1.47. The lowest BCUT2D eigenvalue weighted by Gasteiger charge is -2.07. The van der Waals surface area contributed by atoms with Crippen molar-refractivity contribution in [3.8, 4) is 0 Å². The molecule has 0 aliphatic heterocycles. The average molecular weight is 283 g/mol. The van der Waals surface area contributed by atoms with E-state index in [1.807, 2.05) is 19.1 Å². The van der Waals surface area contributed by atoms with Gasteiger partial charge in [-0.3, -0.25) is 9.59 Å². The Morgan fingerprint density at radius 1 is 1.11 bits per heavy atom. The average Bonchev–Trinajstić information content (AvgIpc) is 2.42. The molecule has 1 aromatic rings. The van der Waals surface area contributed by atoms with Crippen molar-refractivity contribution in [3.63, 3.8) is 0 Å². The molecule has 0 radical (unpaired) electrons. The zero-order valence-corrected chi connectivity index (χ0v) is 11.8. The number of carbonyl (C=O) groups excluding carboxylic acids is 2. The quantitative estimate of drug-likeness (QED) is 0.806. The van der Waals surface area contributed by atoms with Crippen LogP contribution in [0.4, 0.5) is 0 Å². The molecule has 1 rings (SSSR count). The van der Waals surface area contributed by atoms with Gasteiger partial charge in [0.15, 0.2) is 0 Å². The van der Waals surface area contributed by atoms with Crippen molar-refractivity contribution in [3.05, 3.63) is 34.9 Å². The van der Waals surface area contributed by atoms with E-state index in [0.29, 0.717) is 18.0 Å². The van der Waals surface area contributed by atoms with Crippen LogP contribution in [-0.2, 0) is 16.1 Å². The predicted molar refractivity (Wildman–Crippen MR) is 75.8 cm³/mol. The highest BCUT2D eigenvalue weighted by atomic mass is 35.5. The van der Waals surface area contributed by atoms with Crippen molar-refractivity contribution in [1.29, 1.82) is 0 Å². The second-order valence-corrected chi connectivity index (χ2v) is 4.72. The summed E-state index contributed by atoms with van der Waals surface area (Å²) in [5.74, 6) is -0.275. The van der Waals surface area contributed by atoms with Crippen LogP contribution in [0, 0.1) is 0 Å². The fourth-order valence-corrected chi connectivity index (χ4v) is 1.60. The highest BCUT2D eigenvalue weighted by Crippen LogP contribution is 2.08. The standard InChI is InChI=1S/C14H19ClN2O2/c1-2-3-4-13(18)17-10-14(19)16-9-11-5-7-12(15)8-6-11/h5-8H,2-4,9-10H2,1H3,(H,16,19)(H,17,18). The van der Waals surface area contributed by atoms with Gasteiger partial charge in [-0.1, -0.05) is 37.1 Å². The fraction of sp³-hybridized carbons (Fsp3) is 0.429. The summed E-state index contributed by atoms with van der Waals surface area (Å²) in [5, 5.41) is 5.99. The number of hydrogen-bond donors (Lipinski definition) is 2. The number of halogens is 1. The Bertz CT molecular complexity index is 418. The molecule has 0 saturated carbocycles. The Labute approximate surface area is 118 Å². The Balaban J connectivity index is 2.21. The van der Waals surface area contributed by atoms with Crippen molar-refractivity contribution >= 4 is 23.4 Å². The van der Waals surface area contributed by atoms with E-state index in [4.69, 9.17) is 11.6 Å². The Kier molecular flexibility index (Phi) is 6.97. The lowest BCUT2D eigenvalue weighted by Crippen LogP contribution is -2.36. The van der Waals surface area contributed by atoms with E-state index in [-0.39, 0.29) is 18.4 Å². The minimum atomic E-state index is -0.195. The van der Waals surface area contributed by atoms with Crippen molar-refractivity contribution in [2.45, 2.75) is 32.7 Å². The van der Waals surface area contributed by atoms with Gasteiger partial charge >= 0.3 is 0 Å². The topological polar surface area (TPSA) is 58.2 Å². The molecule has 0 spiro atoms. The summed E-state index contributed by atoms with van der Waals surface area (Å²) in [6, 6.07) is 7.25. The van der Waals surface area contributed by atoms with Crippen LogP contribution in [0.2, 0.25) is 5.02 Å². The highest BCUT2D eigenvalue weighted by molar-refractivity contribution is 6.30. The monoisotopic (exact) mass is 282 g/mol. The van der Waals surface area contributed by atoms with Crippen LogP contribution in [0.5, 0.6) is 0 Å². The van der Waals surface area contributed by atoms with E-state index >= 15 is 0 Å². The summed E-state index contributed by atoms with van der Waals surface area (Å²) in [6.07, 6.45) is 2.29. The molecule has 0 saturated heterocycles. The summed E-state index contributed by atoms with van der Waals surface area (Å²) < 4.78 is 0. The zero-order valence-electron chi connectivity index (χ0n) is 11.0. The number of nitrogens with one attached hydrogen (secondary N) is 2. The Morgan fingerprint density at radius 3 is 2.42 bits per heavy atom. The second kappa shape index (κ2) is 8.53. The number of amides is 2. The molecule has 0 unspecified atom stereocenters. The largest absolute Gasteiger partial charge is 0.350 e. The molecular formula is C14H19ClN2O2. The molecule has 0 bridgehead atoms. The highest BCUT2D eigenvalue weighted by Gasteiger charge is 2.04. The number of carbonyl (C=O) groups is 2. The first kappa shape index (κ1) is 15.5. The maximum atomic E-state index is 11.5. The smallest absolute Gasteiger partial charge is 0.239 e. The van der Waals surface area contributed by atoms with Crippen molar-refractivity contribution < 1.29 is 9.59 Å². The number of benzene rings is 1. The molecule has 4 nitrogen and oxygen atoms in total. The maximum absolute atomic E-state index is 11.5. The minimum Gasteiger partial charge on any atom is -0.350 e. The number of hydrogen-bond acceptors (Lipinski definition) is 2. The molecular weight excluding hydrogens is 264 g/mol. The van der Waals surface area contributed by atoms with E-state index in [9.17, 15) is 9.59 Å². The predicted octanol–water partition coefficient (Wildman–Crippen LogP) is 2.26. The molecule has 0 atom stereocenters. The van der Waals surface area contributed by atoms with Crippen LogP contribution >= 0.6 is 11.6 Å². The molecule has 0 fully saturated rings. The summed E-state index contributed by atoms with van der Waals surface area (Å²) in [5.41, 5.74) is 0.968. The number of unbranched alkanes of at least 4 members (excludes halogenated alkanes) is 1. The van der Waals surface area contributed by atoms with Gasteiger partial charge in [-0.05, 0) is 24.1 Å². The van der Waals surface area contributed by atoms with Crippen molar-refractivity contribution in [1.82, 2.24) is 10.6 Å². The molecule has 5 heteroatoms. The first-order chi connectivity index (χ1) is 9.11. The normalized spacial score (nSPS) is 10.0. The van der Waals surface area contributed by atoms with Crippen LogP contribution < -0.4 is 10.6 Å². The summed E-state index contributed by atoms with van der Waals surface area (Å²) in [7, 11) is 0. The lowest BCUT2D eigenvalue weighted by molar-refractivity contribution is -0.126. The van der Waals surface area contributed by atoms with Gasteiger partial charge in [0.25, 0.3) is 0 Å². The molecule has 0 aromatic heterocycles. The molecule has 0 heterocycles. The van der Waals surface area contributed by atoms with Crippen LogP contribution in [0.15, 0.2) is 24.3 Å². The molecule has 19 heavy (non-hydrogen) atoms. The summed E-state index contributed by atoms with van der Waals surface area (Å²) >= 11 is 5.77. The van der Waals surface area contributed by atoms with Gasteiger partial charge in [0.2, 0.25) is 11.8 Å². The van der Waals surface area contributed by atoms with Gasteiger partial charge in [-0.2, -0.15) is 0 Å². The van der Waals surface area contributed by atoms with Gasteiger partial charge in [-0.25, -0.2) is 0 Å². The van der Waals surface area contributed by atoms with Gasteiger partial charge in [0, 0.05) is 18.0 Å². The van der Waals surface area contributed by atoms with E-state index < -0.39 is 0 Å². The van der Waals surface area contributed by atoms with Crippen molar-refractivity contribution in [2.75, 3.05) is 6.54 Å². The third-order valence-corrected chi connectivity index (χ3v) is 2.86. The van der Waals surface area contributed by atoms with Crippen molar-refractivity contribution in [2.24, 2.45) is 0 Å². The molecule has 0 aliphatic rings. The molecule has 2 N–H and O–H groups in total. The van der Waals surface area contributed by atoms with Gasteiger partial charge in [0.1, 0.15) is 0 Å². The SMILES string of the molecule is CCCCC(=O)NCC(=O)NCc1ccc(Cl)cc1. The van der Waals surface area contributed by atoms with Gasteiger partial charge in [-0.15, -0.1) is 0 Å². The first-order valence-electron chi connectivity index (χ1n) is 6.39. The third kappa shape index (κ3) is 6.82. The van der Waals surface area contributed by atoms with E-state index in [2.05, 4.69) is 10.6 Å². The van der Waals surface area contributed by atoms with Crippen LogP contribution in [0.1, 0.15) is 31.7 Å². The molecule has 0 aliphatic carbocycles. The molecule has 104 valence electrons. The Hall–Kier alpha value is -1.55. The first-order valence-corrected chi connectivity index (χ1v) is 6.77. The van der Waals surface area contributed by atoms with Crippen LogP contribution in [0.3, 0.4) is 0 Å². The van der Waals surface area contributed by atoms with Crippen LogP contribution in [-0.4, -0.2) is 18.4 Å². The molecule has 2 amide bonds. The maximum Gasteiger partial charge on any atom is 0.239 e.